The number of aromatic nitrogens is 3. The van der Waals surface area contributed by atoms with Crippen molar-refractivity contribution in [3.63, 3.8) is 0 Å². The highest BCUT2D eigenvalue weighted by molar-refractivity contribution is 8.01. The molecular formula is C21H17ClN4O3S2. The van der Waals surface area contributed by atoms with Crippen LogP contribution in [0.4, 0.5) is 5.69 Å². The molecule has 0 radical (unpaired) electrons. The summed E-state index contributed by atoms with van der Waals surface area (Å²) < 4.78 is 3.31. The van der Waals surface area contributed by atoms with Crippen LogP contribution in [-0.4, -0.2) is 25.8 Å². The van der Waals surface area contributed by atoms with Crippen molar-refractivity contribution in [1.82, 2.24) is 14.1 Å². The van der Waals surface area contributed by atoms with Crippen molar-refractivity contribution >= 4 is 56.6 Å². The number of thioether (sulfide) groups is 1. The number of benzene rings is 2. The number of para-hydroxylation sites is 1. The molecule has 4 aromatic rings. The Hall–Kier alpha value is -2.88. The fourth-order valence-corrected chi connectivity index (χ4v) is 5.22. The minimum absolute atomic E-state index is 0.212. The van der Waals surface area contributed by atoms with Gasteiger partial charge in [-0.25, -0.2) is 14.3 Å². The average molecular weight is 473 g/mol. The minimum Gasteiger partial charge on any atom is -0.324 e. The molecule has 0 aliphatic heterocycles. The topological polar surface area (TPSA) is 86.0 Å². The lowest BCUT2D eigenvalue weighted by Crippen LogP contribution is -2.40. The van der Waals surface area contributed by atoms with Crippen LogP contribution in [-0.2, 0) is 11.3 Å². The normalized spacial score (nSPS) is 11.0. The maximum atomic E-state index is 13.3. The van der Waals surface area contributed by atoms with E-state index < -0.39 is 17.2 Å². The van der Waals surface area contributed by atoms with Crippen LogP contribution in [0.15, 0.2) is 68.5 Å². The number of hydrogen-bond donors (Lipinski definition) is 1. The Labute approximate surface area is 190 Å². The summed E-state index contributed by atoms with van der Waals surface area (Å²) in [6.07, 6.45) is 0. The number of thiazole rings is 1. The van der Waals surface area contributed by atoms with Crippen LogP contribution in [0.2, 0.25) is 5.02 Å². The first-order chi connectivity index (χ1) is 15.0. The van der Waals surface area contributed by atoms with Gasteiger partial charge in [0, 0.05) is 10.7 Å². The Morgan fingerprint density at radius 1 is 1.16 bits per heavy atom. The smallest absolute Gasteiger partial charge is 0.324 e. The van der Waals surface area contributed by atoms with Gasteiger partial charge < -0.3 is 5.32 Å². The van der Waals surface area contributed by atoms with Crippen molar-refractivity contribution in [2.45, 2.75) is 17.8 Å². The number of rotatable bonds is 6. The highest BCUT2D eigenvalue weighted by Crippen LogP contribution is 2.27. The van der Waals surface area contributed by atoms with Gasteiger partial charge in [0.1, 0.15) is 11.2 Å². The first-order valence-corrected chi connectivity index (χ1v) is 11.6. The van der Waals surface area contributed by atoms with Crippen LogP contribution in [0.3, 0.4) is 0 Å². The lowest BCUT2D eigenvalue weighted by atomic mass is 10.3. The second-order valence-electron chi connectivity index (χ2n) is 6.47. The highest BCUT2D eigenvalue weighted by atomic mass is 35.5. The lowest BCUT2D eigenvalue weighted by Gasteiger charge is -2.11. The summed E-state index contributed by atoms with van der Waals surface area (Å²) in [4.78, 5) is 43.6. The molecule has 2 heterocycles. The van der Waals surface area contributed by atoms with Crippen molar-refractivity contribution in [1.29, 1.82) is 0 Å². The van der Waals surface area contributed by atoms with Gasteiger partial charge in [-0.2, -0.15) is 0 Å². The summed E-state index contributed by atoms with van der Waals surface area (Å²) in [5, 5.41) is 3.21. The van der Waals surface area contributed by atoms with Gasteiger partial charge in [-0.3, -0.25) is 14.2 Å². The Morgan fingerprint density at radius 3 is 2.65 bits per heavy atom. The van der Waals surface area contributed by atoms with E-state index in [1.54, 1.807) is 54.6 Å². The predicted octanol–water partition coefficient (Wildman–Crippen LogP) is 4.01. The van der Waals surface area contributed by atoms with Crippen LogP contribution in [0.1, 0.15) is 6.92 Å². The zero-order chi connectivity index (χ0) is 22.0. The van der Waals surface area contributed by atoms with Crippen molar-refractivity contribution in [2.24, 2.45) is 0 Å². The van der Waals surface area contributed by atoms with Gasteiger partial charge in [0.15, 0.2) is 9.99 Å². The summed E-state index contributed by atoms with van der Waals surface area (Å²) in [6, 6.07) is 15.4. The number of halogens is 1. The van der Waals surface area contributed by atoms with Gasteiger partial charge in [0.2, 0.25) is 5.91 Å². The van der Waals surface area contributed by atoms with E-state index in [0.717, 1.165) is 10.3 Å². The molecule has 0 atom stereocenters. The summed E-state index contributed by atoms with van der Waals surface area (Å²) >= 11 is 8.68. The van der Waals surface area contributed by atoms with Crippen LogP contribution in [0, 0.1) is 0 Å². The second kappa shape index (κ2) is 9.09. The van der Waals surface area contributed by atoms with E-state index in [1.165, 1.54) is 27.7 Å². The number of carbonyl (C=O) groups is 1. The largest absolute Gasteiger partial charge is 0.337 e. The number of carbonyl (C=O) groups excluding carboxylic acids is 1. The van der Waals surface area contributed by atoms with E-state index in [4.69, 9.17) is 11.6 Å². The fourth-order valence-electron chi connectivity index (χ4n) is 3.06. The van der Waals surface area contributed by atoms with Crippen LogP contribution < -0.4 is 16.6 Å². The van der Waals surface area contributed by atoms with Gasteiger partial charge in [0.05, 0.1) is 5.69 Å². The van der Waals surface area contributed by atoms with Crippen molar-refractivity contribution in [3.8, 4) is 5.69 Å². The molecule has 0 saturated carbocycles. The predicted molar refractivity (Wildman–Crippen MR) is 126 cm³/mol. The third-order valence-corrected chi connectivity index (χ3v) is 6.65. The molecule has 0 fully saturated rings. The monoisotopic (exact) mass is 472 g/mol. The third-order valence-electron chi connectivity index (χ3n) is 4.36. The quantitative estimate of drug-likeness (QED) is 0.428. The van der Waals surface area contributed by atoms with Crippen molar-refractivity contribution in [2.75, 3.05) is 11.1 Å². The van der Waals surface area contributed by atoms with E-state index in [2.05, 4.69) is 10.3 Å². The number of nitrogens with zero attached hydrogens (tertiary/aromatic N) is 3. The zero-order valence-corrected chi connectivity index (χ0v) is 18.8. The number of hydrogen-bond acceptors (Lipinski definition) is 6. The minimum atomic E-state index is -0.622. The first kappa shape index (κ1) is 21.4. The van der Waals surface area contributed by atoms with E-state index in [0.29, 0.717) is 25.4 Å². The van der Waals surface area contributed by atoms with Crippen LogP contribution >= 0.6 is 34.7 Å². The molecule has 0 aliphatic rings. The molecule has 0 unspecified atom stereocenters. The Kier molecular flexibility index (Phi) is 6.26. The van der Waals surface area contributed by atoms with Gasteiger partial charge in [-0.15, -0.1) is 11.3 Å². The number of nitrogens with one attached hydrogen (secondary N) is 1. The molecule has 0 aliphatic carbocycles. The zero-order valence-electron chi connectivity index (χ0n) is 16.4. The van der Waals surface area contributed by atoms with Crippen molar-refractivity contribution in [3.05, 3.63) is 80.5 Å². The SMILES string of the molecule is CCSc1nc2c(s1)c(=O)n(-c1ccccc1)c(=O)n2CC(=O)Nc1cccc(Cl)c1. The van der Waals surface area contributed by atoms with Gasteiger partial charge in [-0.05, 0) is 36.1 Å². The molecule has 1 amide bonds. The number of anilines is 1. The second-order valence-corrected chi connectivity index (χ2v) is 9.42. The molecule has 7 nitrogen and oxygen atoms in total. The van der Waals surface area contributed by atoms with E-state index >= 15 is 0 Å². The van der Waals surface area contributed by atoms with Crippen LogP contribution in [0.5, 0.6) is 0 Å². The molecule has 31 heavy (non-hydrogen) atoms. The summed E-state index contributed by atoms with van der Waals surface area (Å²) in [7, 11) is 0. The van der Waals surface area contributed by atoms with E-state index in [1.807, 2.05) is 6.92 Å². The van der Waals surface area contributed by atoms with E-state index in [9.17, 15) is 14.4 Å². The molecule has 158 valence electrons. The lowest BCUT2D eigenvalue weighted by molar-refractivity contribution is -0.116. The first-order valence-electron chi connectivity index (χ1n) is 9.38. The summed E-state index contributed by atoms with van der Waals surface area (Å²) in [5.74, 6) is 0.341. The molecular weight excluding hydrogens is 456 g/mol. The van der Waals surface area contributed by atoms with E-state index in [-0.39, 0.29) is 12.2 Å². The van der Waals surface area contributed by atoms with Gasteiger partial charge in [-0.1, -0.05) is 54.6 Å². The standard InChI is InChI=1S/C21H17ClN4O3S2/c1-2-30-20-24-18-17(31-20)19(28)26(15-9-4-3-5-10-15)21(29)25(18)12-16(27)23-14-8-6-7-13(22)11-14/h3-11H,2,12H2,1H3,(H,23,27). The van der Waals surface area contributed by atoms with Gasteiger partial charge >= 0.3 is 5.69 Å². The summed E-state index contributed by atoms with van der Waals surface area (Å²) in [5.41, 5.74) is 0.0889. The molecule has 2 aromatic heterocycles. The maximum Gasteiger partial charge on any atom is 0.337 e. The Morgan fingerprint density at radius 2 is 1.94 bits per heavy atom. The molecule has 0 bridgehead atoms. The molecule has 10 heteroatoms. The van der Waals surface area contributed by atoms with Crippen molar-refractivity contribution < 1.29 is 4.79 Å². The molecule has 0 spiro atoms. The fraction of sp³-hybridized carbons (Fsp3) is 0.143. The average Bonchev–Trinajstić information content (AvgIpc) is 3.16. The Balaban J connectivity index is 1.83. The molecule has 1 N–H and O–H groups in total. The Bertz CT molecular complexity index is 1380. The maximum absolute atomic E-state index is 13.3. The molecule has 4 rings (SSSR count). The van der Waals surface area contributed by atoms with Crippen LogP contribution in [0.25, 0.3) is 16.0 Å². The van der Waals surface area contributed by atoms with Gasteiger partial charge in [0.25, 0.3) is 5.56 Å². The summed E-state index contributed by atoms with van der Waals surface area (Å²) in [6.45, 7) is 1.68. The highest BCUT2D eigenvalue weighted by Gasteiger charge is 2.20. The molecule has 0 saturated heterocycles. The number of amides is 1. The number of fused-ring (bicyclic) bond motifs is 1. The third kappa shape index (κ3) is 4.43. The molecule has 2 aromatic carbocycles.